The minimum Gasteiger partial charge on any atom is -0.497 e. The molecule has 0 aromatic heterocycles. The summed E-state index contributed by atoms with van der Waals surface area (Å²) in [5.74, 6) is 2.34. The largest absolute Gasteiger partial charge is 0.497 e. The zero-order valence-corrected chi connectivity index (χ0v) is 39.1. The van der Waals surface area contributed by atoms with Crippen LogP contribution in [0, 0.1) is 0 Å². The SMILES string of the molecule is CCCN1c2ccccc2Sc2cc(-c3c4ccc(=[N+]5CCOCC5)cc-4oc4cc(N(CCO)CCOC(c5ccccc5)(c5ccc(OC)cc5)c5ccc(OC)cc5)ccc34)ccc21. The lowest BCUT2D eigenvalue weighted by Crippen LogP contribution is -2.39. The molecule has 0 atom stereocenters. The van der Waals surface area contributed by atoms with Crippen LogP contribution in [0.1, 0.15) is 30.0 Å². The van der Waals surface area contributed by atoms with E-state index >= 15 is 0 Å². The van der Waals surface area contributed by atoms with Gasteiger partial charge in [0.1, 0.15) is 41.7 Å². The van der Waals surface area contributed by atoms with Gasteiger partial charge in [-0.2, -0.15) is 0 Å². The number of morpholine rings is 1. The number of nitrogens with zero attached hydrogens (tertiary/aromatic N) is 3. The van der Waals surface area contributed by atoms with Crippen molar-refractivity contribution in [2.75, 3.05) is 83.2 Å². The molecule has 1 aliphatic carbocycles. The van der Waals surface area contributed by atoms with Gasteiger partial charge in [-0.1, -0.05) is 91.5 Å². The van der Waals surface area contributed by atoms with Crippen LogP contribution in [0.25, 0.3) is 33.4 Å². The maximum absolute atomic E-state index is 10.6. The molecule has 67 heavy (non-hydrogen) atoms. The van der Waals surface area contributed by atoms with Crippen molar-refractivity contribution in [1.82, 2.24) is 4.58 Å². The Kier molecular flexibility index (Phi) is 13.0. The van der Waals surface area contributed by atoms with Crippen LogP contribution in [-0.2, 0) is 15.1 Å². The van der Waals surface area contributed by atoms with Gasteiger partial charge < -0.3 is 38.3 Å². The number of anilines is 3. The lowest BCUT2D eigenvalue weighted by molar-refractivity contribution is 0.0170. The third-order valence-corrected chi connectivity index (χ3v) is 14.1. The molecule has 3 heterocycles. The maximum atomic E-state index is 10.6. The second-order valence-electron chi connectivity index (χ2n) is 16.9. The molecular weight excluding hydrogens is 855 g/mol. The molecule has 0 bridgehead atoms. The predicted molar refractivity (Wildman–Crippen MR) is 270 cm³/mol. The number of hydrogen-bond donors (Lipinski definition) is 1. The first-order valence-corrected chi connectivity index (χ1v) is 24.0. The van der Waals surface area contributed by atoms with E-state index in [0.717, 1.165) is 98.7 Å². The van der Waals surface area contributed by atoms with Crippen LogP contribution in [0.15, 0.2) is 172 Å². The van der Waals surface area contributed by atoms with Gasteiger partial charge >= 0.3 is 0 Å². The molecule has 0 unspecified atom stereocenters. The van der Waals surface area contributed by atoms with Gasteiger partial charge in [-0.15, -0.1) is 0 Å². The molecule has 10 rings (SSSR count). The van der Waals surface area contributed by atoms with Crippen LogP contribution in [0.5, 0.6) is 11.5 Å². The van der Waals surface area contributed by atoms with Crippen molar-refractivity contribution in [2.24, 2.45) is 0 Å². The van der Waals surface area contributed by atoms with Crippen LogP contribution in [0.2, 0.25) is 0 Å². The number of rotatable bonds is 15. The molecule has 1 fully saturated rings. The van der Waals surface area contributed by atoms with Crippen LogP contribution >= 0.6 is 11.8 Å². The molecule has 1 saturated heterocycles. The quantitative estimate of drug-likeness (QED) is 0.0614. The molecule has 1 N–H and O–H groups in total. The molecule has 0 amide bonds. The van der Waals surface area contributed by atoms with E-state index in [1.54, 1.807) is 14.2 Å². The summed E-state index contributed by atoms with van der Waals surface area (Å²) in [6, 6.07) is 55.2. The van der Waals surface area contributed by atoms with Gasteiger partial charge in [0.15, 0.2) is 13.1 Å². The summed E-state index contributed by atoms with van der Waals surface area (Å²) in [5, 5.41) is 12.7. The molecule has 0 saturated carbocycles. The minimum atomic E-state index is -0.974. The molecule has 6 aromatic rings. The zero-order valence-electron chi connectivity index (χ0n) is 38.3. The van der Waals surface area contributed by atoms with E-state index in [0.29, 0.717) is 32.9 Å². The average Bonchev–Trinajstić information content (AvgIpc) is 3.39. The summed E-state index contributed by atoms with van der Waals surface area (Å²) in [7, 11) is 3.35. The van der Waals surface area contributed by atoms with Crippen LogP contribution in [0.4, 0.5) is 17.1 Å². The summed E-state index contributed by atoms with van der Waals surface area (Å²) in [4.78, 5) is 7.13. The highest BCUT2D eigenvalue weighted by molar-refractivity contribution is 7.99. The number of aliphatic hydroxyl groups excluding tert-OH is 1. The molecule has 10 heteroatoms. The Morgan fingerprint density at radius 1 is 0.701 bits per heavy atom. The summed E-state index contributed by atoms with van der Waals surface area (Å²) >= 11 is 1.84. The minimum absolute atomic E-state index is 0.0349. The first kappa shape index (κ1) is 44.3. The van der Waals surface area contributed by atoms with E-state index in [-0.39, 0.29) is 6.61 Å². The smallest absolute Gasteiger partial charge is 0.203 e. The van der Waals surface area contributed by atoms with Crippen molar-refractivity contribution in [3.63, 3.8) is 0 Å². The van der Waals surface area contributed by atoms with Crippen LogP contribution in [0.3, 0.4) is 0 Å². The monoisotopic (exact) mass is 910 g/mol. The number of hydrogen-bond acceptors (Lipinski definition) is 9. The summed E-state index contributed by atoms with van der Waals surface area (Å²) in [6.07, 6.45) is 1.04. The Morgan fingerprint density at radius 3 is 2.09 bits per heavy atom. The Bertz CT molecular complexity index is 2970. The van der Waals surface area contributed by atoms with Crippen molar-refractivity contribution in [3.8, 4) is 33.9 Å². The molecule has 0 radical (unpaired) electrons. The highest BCUT2D eigenvalue weighted by Gasteiger charge is 2.38. The van der Waals surface area contributed by atoms with Gasteiger partial charge in [0.2, 0.25) is 5.36 Å². The van der Waals surface area contributed by atoms with Gasteiger partial charge in [-0.3, -0.25) is 0 Å². The summed E-state index contributed by atoms with van der Waals surface area (Å²) in [6.45, 7) is 7.42. The molecule has 6 aromatic carbocycles. The molecular formula is C57H56N3O6S+. The first-order valence-electron chi connectivity index (χ1n) is 23.2. The van der Waals surface area contributed by atoms with Gasteiger partial charge in [0.25, 0.3) is 0 Å². The lowest BCUT2D eigenvalue weighted by atomic mass is 9.80. The molecule has 0 spiro atoms. The average molecular weight is 911 g/mol. The van der Waals surface area contributed by atoms with Crippen molar-refractivity contribution in [1.29, 1.82) is 0 Å². The van der Waals surface area contributed by atoms with E-state index in [2.05, 4.69) is 137 Å². The standard InChI is InChI=1S/C57H56N3O6S/c1-4-28-60-50-12-8-9-13-54(50)67-55-37-40(14-27-51(55)60)56-48-25-19-44(38-52(48)66-53-39-45(20-26-49(53)56)59-30-34-64-35-31-59)58(29-33-61)32-36-65-57(41-10-6-5-7-11-41,42-15-21-46(62-2)22-16-42)43-17-23-47(63-3)24-18-43/h5-27,37-39,61H,4,28-36H2,1-3H3/q+1. The molecule has 340 valence electrons. The second kappa shape index (κ2) is 19.7. The third kappa shape index (κ3) is 8.67. The van der Waals surface area contributed by atoms with E-state index in [1.807, 2.05) is 54.2 Å². The number of ether oxygens (including phenoxy) is 4. The molecule has 4 aliphatic rings. The topological polar surface area (TPSA) is 79.8 Å². The van der Waals surface area contributed by atoms with E-state index in [1.165, 1.54) is 21.2 Å². The highest BCUT2D eigenvalue weighted by Crippen LogP contribution is 2.51. The maximum Gasteiger partial charge on any atom is 0.203 e. The highest BCUT2D eigenvalue weighted by atomic mass is 32.2. The third-order valence-electron chi connectivity index (χ3n) is 13.0. The van der Waals surface area contributed by atoms with Crippen LogP contribution < -0.4 is 29.2 Å². The number of para-hydroxylation sites is 1. The lowest BCUT2D eigenvalue weighted by Gasteiger charge is -2.37. The number of benzene rings is 7. The van der Waals surface area contributed by atoms with Gasteiger partial charge in [-0.25, -0.2) is 4.58 Å². The Hall–Kier alpha value is -6.56. The zero-order chi connectivity index (χ0) is 45.7. The molecule has 9 nitrogen and oxygen atoms in total. The number of methoxy groups -OCH3 is 2. The molecule has 3 aliphatic heterocycles. The normalized spacial score (nSPS) is 13.7. The Labute approximate surface area is 396 Å². The Morgan fingerprint density at radius 2 is 1.39 bits per heavy atom. The van der Waals surface area contributed by atoms with Crippen molar-refractivity contribution >= 4 is 39.8 Å². The van der Waals surface area contributed by atoms with E-state index in [9.17, 15) is 5.11 Å². The van der Waals surface area contributed by atoms with Crippen LogP contribution in [-0.4, -0.2) is 78.5 Å². The van der Waals surface area contributed by atoms with Crippen molar-refractivity contribution < 1.29 is 28.5 Å². The van der Waals surface area contributed by atoms with Gasteiger partial charge in [-0.05, 0) is 95.4 Å². The Balaban J connectivity index is 1.05. The fraction of sp³-hybridized carbons (Fsp3) is 0.246. The van der Waals surface area contributed by atoms with Crippen molar-refractivity contribution in [3.05, 3.63) is 180 Å². The second-order valence-corrected chi connectivity index (χ2v) is 18.0. The van der Waals surface area contributed by atoms with Crippen molar-refractivity contribution in [2.45, 2.75) is 28.7 Å². The van der Waals surface area contributed by atoms with Gasteiger partial charge in [0, 0.05) is 63.8 Å². The predicted octanol–water partition coefficient (Wildman–Crippen LogP) is 10.8. The van der Waals surface area contributed by atoms with E-state index in [4.69, 9.17) is 23.4 Å². The first-order chi connectivity index (χ1) is 33.0. The van der Waals surface area contributed by atoms with E-state index < -0.39 is 5.60 Å². The number of aliphatic hydroxyl groups is 1. The number of fused-ring (bicyclic) bond motifs is 4. The summed E-state index contributed by atoms with van der Waals surface area (Å²) < 4.78 is 33.5. The fourth-order valence-electron chi connectivity index (χ4n) is 9.72. The fourth-order valence-corrected chi connectivity index (χ4v) is 10.9. The van der Waals surface area contributed by atoms with Gasteiger partial charge in [0.05, 0.1) is 44.9 Å². The summed E-state index contributed by atoms with van der Waals surface area (Å²) in [5.41, 5.74) is 9.44.